The van der Waals surface area contributed by atoms with E-state index >= 15 is 0 Å². The molecule has 0 bridgehead atoms. The molecular weight excluding hydrogens is 324 g/mol. The summed E-state index contributed by atoms with van der Waals surface area (Å²) in [6, 6.07) is 0. The summed E-state index contributed by atoms with van der Waals surface area (Å²) in [5.74, 6) is 1.75. The number of aliphatic hydroxyl groups excluding tert-OH is 1. The average molecular weight is 353 g/mol. The number of thioether (sulfide) groups is 2. The molecule has 2 rings (SSSR count). The molecule has 0 aliphatic carbocycles. The van der Waals surface area contributed by atoms with Gasteiger partial charge in [0.05, 0.1) is 17.3 Å². The molecule has 0 saturated carbocycles. The first kappa shape index (κ1) is 18.8. The van der Waals surface area contributed by atoms with Gasteiger partial charge in [-0.2, -0.15) is 0 Å². The summed E-state index contributed by atoms with van der Waals surface area (Å²) < 4.78 is 23.0. The van der Waals surface area contributed by atoms with Crippen LogP contribution < -0.4 is 0 Å². The zero-order valence-corrected chi connectivity index (χ0v) is 15.5. The van der Waals surface area contributed by atoms with Crippen LogP contribution in [-0.4, -0.2) is 72.2 Å². The number of rotatable bonds is 7. The number of methoxy groups -OCH3 is 2. The molecule has 22 heavy (non-hydrogen) atoms. The third-order valence-electron chi connectivity index (χ3n) is 4.01. The van der Waals surface area contributed by atoms with Gasteiger partial charge in [-0.3, -0.25) is 0 Å². The van der Waals surface area contributed by atoms with Gasteiger partial charge in [-0.25, -0.2) is 0 Å². The van der Waals surface area contributed by atoms with Crippen molar-refractivity contribution in [2.45, 2.75) is 61.5 Å². The first-order chi connectivity index (χ1) is 10.5. The minimum Gasteiger partial charge on any atom is -0.388 e. The van der Waals surface area contributed by atoms with E-state index in [1.54, 1.807) is 14.2 Å². The molecule has 5 nitrogen and oxygen atoms in total. The van der Waals surface area contributed by atoms with E-state index in [9.17, 15) is 5.11 Å². The highest BCUT2D eigenvalue weighted by atomic mass is 32.2. The Labute approximate surface area is 141 Å². The molecule has 2 aliphatic heterocycles. The van der Waals surface area contributed by atoms with Crippen LogP contribution in [0.25, 0.3) is 0 Å². The van der Waals surface area contributed by atoms with Crippen molar-refractivity contribution >= 4 is 23.5 Å². The van der Waals surface area contributed by atoms with Gasteiger partial charge in [-0.15, -0.1) is 23.5 Å². The third-order valence-corrected chi connectivity index (χ3v) is 7.00. The predicted molar refractivity (Wildman–Crippen MR) is 90.4 cm³/mol. The molecule has 0 aromatic rings. The molecule has 7 heteroatoms. The highest BCUT2D eigenvalue weighted by Crippen LogP contribution is 2.35. The Morgan fingerprint density at radius 1 is 1.23 bits per heavy atom. The van der Waals surface area contributed by atoms with Gasteiger partial charge in [0.25, 0.3) is 0 Å². The molecule has 0 radical (unpaired) electrons. The van der Waals surface area contributed by atoms with Gasteiger partial charge in [-0.05, 0) is 38.2 Å². The summed E-state index contributed by atoms with van der Waals surface area (Å²) in [5.41, 5.74) is 0. The number of hydrogen-bond donors (Lipinski definition) is 1. The Morgan fingerprint density at radius 3 is 2.41 bits per heavy atom. The summed E-state index contributed by atoms with van der Waals surface area (Å²) in [6.07, 6.45) is 0.337. The smallest absolute Gasteiger partial charge is 0.163 e. The van der Waals surface area contributed by atoms with Crippen molar-refractivity contribution in [2.24, 2.45) is 0 Å². The van der Waals surface area contributed by atoms with Crippen LogP contribution in [0.3, 0.4) is 0 Å². The molecule has 4 atom stereocenters. The molecule has 0 aromatic carbocycles. The molecule has 2 aliphatic rings. The lowest BCUT2D eigenvalue weighted by atomic mass is 10.0. The highest BCUT2D eigenvalue weighted by molar-refractivity contribution is 8.17. The average Bonchev–Trinajstić information content (AvgIpc) is 2.86. The number of hydrogen-bond acceptors (Lipinski definition) is 7. The fourth-order valence-electron chi connectivity index (χ4n) is 2.84. The van der Waals surface area contributed by atoms with E-state index in [-0.39, 0.29) is 12.2 Å². The van der Waals surface area contributed by atoms with Gasteiger partial charge in [-0.1, -0.05) is 0 Å². The van der Waals surface area contributed by atoms with Crippen molar-refractivity contribution in [1.29, 1.82) is 0 Å². The van der Waals surface area contributed by atoms with Crippen molar-refractivity contribution in [1.82, 2.24) is 0 Å². The summed E-state index contributed by atoms with van der Waals surface area (Å²) in [7, 11) is 3.24. The van der Waals surface area contributed by atoms with Gasteiger partial charge in [0.2, 0.25) is 0 Å². The fraction of sp³-hybridized carbons (Fsp3) is 1.00. The molecule has 1 N–H and O–H groups in total. The van der Waals surface area contributed by atoms with Gasteiger partial charge in [0.15, 0.2) is 5.79 Å². The van der Waals surface area contributed by atoms with Crippen LogP contribution in [0.15, 0.2) is 0 Å². The van der Waals surface area contributed by atoms with Crippen LogP contribution in [0.2, 0.25) is 0 Å². The molecule has 0 amide bonds. The molecule has 130 valence electrons. The largest absolute Gasteiger partial charge is 0.388 e. The van der Waals surface area contributed by atoms with Gasteiger partial charge >= 0.3 is 0 Å². The molecular formula is C15H28O5S2. The lowest BCUT2D eigenvalue weighted by Crippen LogP contribution is -2.48. The SMILES string of the molecule is CO[C@@H]([C@H](O)[C@@H](CC1SCCCS1)OC)[C@@H]1COC(C)(C)O1. The quantitative estimate of drug-likeness (QED) is 0.753. The van der Waals surface area contributed by atoms with E-state index in [0.717, 1.165) is 6.42 Å². The maximum Gasteiger partial charge on any atom is 0.163 e. The third kappa shape index (κ3) is 5.00. The Balaban J connectivity index is 1.94. The zero-order chi connectivity index (χ0) is 16.2. The lowest BCUT2D eigenvalue weighted by molar-refractivity contribution is -0.176. The number of ether oxygens (including phenoxy) is 4. The maximum atomic E-state index is 10.7. The van der Waals surface area contributed by atoms with Crippen molar-refractivity contribution in [3.05, 3.63) is 0 Å². The topological polar surface area (TPSA) is 57.2 Å². The van der Waals surface area contributed by atoms with Crippen molar-refractivity contribution in [3.8, 4) is 0 Å². The Kier molecular flexibility index (Phi) is 7.32. The Bertz CT molecular complexity index is 336. The molecule has 2 fully saturated rings. The first-order valence-electron chi connectivity index (χ1n) is 7.75. The van der Waals surface area contributed by atoms with Gasteiger partial charge in [0.1, 0.15) is 18.3 Å². The second-order valence-electron chi connectivity index (χ2n) is 6.09. The Morgan fingerprint density at radius 2 is 1.91 bits per heavy atom. The van der Waals surface area contributed by atoms with E-state index in [0.29, 0.717) is 11.2 Å². The minimum absolute atomic E-state index is 0.264. The van der Waals surface area contributed by atoms with E-state index in [1.165, 1.54) is 17.9 Å². The van der Waals surface area contributed by atoms with Crippen LogP contribution in [0.5, 0.6) is 0 Å². The molecule has 2 heterocycles. The van der Waals surface area contributed by atoms with Gasteiger partial charge < -0.3 is 24.1 Å². The molecule has 2 saturated heterocycles. The maximum absolute atomic E-state index is 10.7. The standard InChI is InChI=1S/C15H28O5S2/c1-15(2)19-9-11(20-15)14(18-4)13(16)10(17-3)8-12-21-6-5-7-22-12/h10-14,16H,5-9H2,1-4H3/t10-,11+,13-,14-/m1/s1. The van der Waals surface area contributed by atoms with Crippen molar-refractivity contribution in [2.75, 3.05) is 32.3 Å². The van der Waals surface area contributed by atoms with E-state index in [2.05, 4.69) is 0 Å². The van der Waals surface area contributed by atoms with Crippen molar-refractivity contribution < 1.29 is 24.1 Å². The summed E-state index contributed by atoms with van der Waals surface area (Å²) >= 11 is 3.90. The van der Waals surface area contributed by atoms with Crippen molar-refractivity contribution in [3.63, 3.8) is 0 Å². The van der Waals surface area contributed by atoms with E-state index in [1.807, 2.05) is 37.4 Å². The Hall–Kier alpha value is 0.500. The normalized spacial score (nSPS) is 30.1. The van der Waals surface area contributed by atoms with Crippen LogP contribution >= 0.6 is 23.5 Å². The monoisotopic (exact) mass is 352 g/mol. The summed E-state index contributed by atoms with van der Waals surface area (Å²) in [5, 5.41) is 10.7. The van der Waals surface area contributed by atoms with E-state index < -0.39 is 18.0 Å². The summed E-state index contributed by atoms with van der Waals surface area (Å²) in [6.45, 7) is 4.16. The summed E-state index contributed by atoms with van der Waals surface area (Å²) in [4.78, 5) is 0. The molecule has 0 aromatic heterocycles. The second-order valence-corrected chi connectivity index (χ2v) is 9.01. The minimum atomic E-state index is -0.736. The van der Waals surface area contributed by atoms with Crippen LogP contribution in [-0.2, 0) is 18.9 Å². The number of aliphatic hydroxyl groups is 1. The highest BCUT2D eigenvalue weighted by Gasteiger charge is 2.43. The predicted octanol–water partition coefficient (Wildman–Crippen LogP) is 2.12. The van der Waals surface area contributed by atoms with E-state index in [4.69, 9.17) is 18.9 Å². The van der Waals surface area contributed by atoms with Gasteiger partial charge in [0, 0.05) is 14.2 Å². The van der Waals surface area contributed by atoms with Crippen LogP contribution in [0.4, 0.5) is 0 Å². The first-order valence-corrected chi connectivity index (χ1v) is 9.85. The van der Waals surface area contributed by atoms with Crippen LogP contribution in [0.1, 0.15) is 26.7 Å². The lowest BCUT2D eigenvalue weighted by Gasteiger charge is -2.33. The molecule has 0 unspecified atom stereocenters. The fourth-order valence-corrected chi connectivity index (χ4v) is 5.78. The zero-order valence-electron chi connectivity index (χ0n) is 13.8. The second kappa shape index (κ2) is 8.55. The molecule has 0 spiro atoms. The van der Waals surface area contributed by atoms with Crippen LogP contribution in [0, 0.1) is 0 Å².